The monoisotopic (exact) mass is 283 g/mol. The minimum atomic E-state index is -4.60. The van der Waals surface area contributed by atoms with E-state index in [1.165, 1.54) is 0 Å². The maximum atomic E-state index is 12.4. The summed E-state index contributed by atoms with van der Waals surface area (Å²) in [6.45, 7) is 0. The Kier molecular flexibility index (Phi) is 3.33. The van der Waals surface area contributed by atoms with Crippen LogP contribution in [0.15, 0.2) is 16.7 Å². The normalized spacial score (nSPS) is 11.5. The van der Waals surface area contributed by atoms with Crippen molar-refractivity contribution in [3.05, 3.63) is 28.0 Å². The number of rotatable bonds is 2. The average molecular weight is 284 g/mol. The molecule has 0 bridgehead atoms. The second-order valence-electron chi connectivity index (χ2n) is 2.72. The van der Waals surface area contributed by atoms with Crippen LogP contribution >= 0.6 is 15.9 Å². The highest BCUT2D eigenvalue weighted by Crippen LogP contribution is 2.32. The quantitative estimate of drug-likeness (QED) is 0.907. The molecule has 1 aromatic rings. The fourth-order valence-corrected chi connectivity index (χ4v) is 1.33. The van der Waals surface area contributed by atoms with Gasteiger partial charge in [0.25, 0.3) is 0 Å². The van der Waals surface area contributed by atoms with Gasteiger partial charge in [-0.05, 0) is 22.0 Å². The first-order valence-corrected chi connectivity index (χ1v) is 4.53. The number of nitrogens with zero attached hydrogens (tertiary/aromatic N) is 1. The van der Waals surface area contributed by atoms with Gasteiger partial charge in [-0.2, -0.15) is 13.2 Å². The molecule has 0 saturated heterocycles. The van der Waals surface area contributed by atoms with Crippen molar-refractivity contribution in [3.8, 4) is 0 Å². The van der Waals surface area contributed by atoms with Gasteiger partial charge in [0.2, 0.25) is 0 Å². The zero-order valence-corrected chi connectivity index (χ0v) is 8.76. The summed E-state index contributed by atoms with van der Waals surface area (Å²) < 4.78 is 37.4. The van der Waals surface area contributed by atoms with Gasteiger partial charge in [0.1, 0.15) is 0 Å². The molecule has 7 heteroatoms. The van der Waals surface area contributed by atoms with Gasteiger partial charge in [-0.3, -0.25) is 9.78 Å². The van der Waals surface area contributed by atoms with E-state index in [2.05, 4.69) is 20.9 Å². The number of aromatic nitrogens is 1. The van der Waals surface area contributed by atoms with Crippen LogP contribution in [0.3, 0.4) is 0 Å². The number of alkyl halides is 3. The Balaban J connectivity index is 3.20. The number of aliphatic carboxylic acids is 1. The van der Waals surface area contributed by atoms with Crippen LogP contribution in [0, 0.1) is 0 Å². The van der Waals surface area contributed by atoms with E-state index in [0.717, 1.165) is 12.3 Å². The molecule has 1 aromatic heterocycles. The first-order valence-electron chi connectivity index (χ1n) is 3.74. The molecular formula is C8H5BrF3NO2. The van der Waals surface area contributed by atoms with Crippen molar-refractivity contribution in [3.63, 3.8) is 0 Å². The summed E-state index contributed by atoms with van der Waals surface area (Å²) >= 11 is 2.85. The van der Waals surface area contributed by atoms with Crippen LogP contribution in [0.25, 0.3) is 0 Å². The van der Waals surface area contributed by atoms with Crippen LogP contribution in [-0.4, -0.2) is 16.1 Å². The maximum Gasteiger partial charge on any atom is 0.418 e. The third kappa shape index (κ3) is 3.19. The molecule has 1 heterocycles. The summed E-state index contributed by atoms with van der Waals surface area (Å²) in [5.74, 6) is -1.35. The third-order valence-corrected chi connectivity index (χ3v) is 1.99. The molecule has 0 aliphatic rings. The largest absolute Gasteiger partial charge is 0.481 e. The Morgan fingerprint density at radius 3 is 2.60 bits per heavy atom. The maximum absolute atomic E-state index is 12.4. The lowest BCUT2D eigenvalue weighted by Gasteiger charge is -2.10. The molecule has 1 N–H and O–H groups in total. The Morgan fingerprint density at radius 2 is 2.13 bits per heavy atom. The Labute approximate surface area is 91.1 Å². The number of carbonyl (C=O) groups is 1. The zero-order chi connectivity index (χ0) is 11.6. The minimum absolute atomic E-state index is 0.156. The van der Waals surface area contributed by atoms with Gasteiger partial charge in [0.15, 0.2) is 0 Å². The molecule has 0 radical (unpaired) electrons. The van der Waals surface area contributed by atoms with Gasteiger partial charge in [-0.25, -0.2) is 0 Å². The van der Waals surface area contributed by atoms with Gasteiger partial charge in [0, 0.05) is 10.7 Å². The number of carboxylic acid groups (broad SMARTS) is 1. The highest BCUT2D eigenvalue weighted by molar-refractivity contribution is 9.10. The van der Waals surface area contributed by atoms with Crippen molar-refractivity contribution >= 4 is 21.9 Å². The lowest BCUT2D eigenvalue weighted by atomic mass is 10.1. The van der Waals surface area contributed by atoms with Crippen LogP contribution in [0.1, 0.15) is 11.3 Å². The second-order valence-corrected chi connectivity index (χ2v) is 3.63. The van der Waals surface area contributed by atoms with Gasteiger partial charge in [-0.1, -0.05) is 0 Å². The van der Waals surface area contributed by atoms with E-state index >= 15 is 0 Å². The van der Waals surface area contributed by atoms with Crippen molar-refractivity contribution < 1.29 is 23.1 Å². The topological polar surface area (TPSA) is 50.2 Å². The van der Waals surface area contributed by atoms with Crippen LogP contribution in [0.4, 0.5) is 13.2 Å². The fourth-order valence-electron chi connectivity index (χ4n) is 0.997. The Hall–Kier alpha value is -1.11. The molecule has 0 fully saturated rings. The van der Waals surface area contributed by atoms with E-state index in [4.69, 9.17) is 5.11 Å². The number of pyridine rings is 1. The number of carboxylic acids is 1. The van der Waals surface area contributed by atoms with Crippen LogP contribution < -0.4 is 0 Å². The molecule has 0 amide bonds. The predicted octanol–water partition coefficient (Wildman–Crippen LogP) is 2.49. The Bertz CT molecular complexity index is 392. The zero-order valence-electron chi connectivity index (χ0n) is 7.18. The summed E-state index contributed by atoms with van der Waals surface area (Å²) in [6, 6.07) is 0.811. The molecule has 0 aliphatic carbocycles. The molecule has 15 heavy (non-hydrogen) atoms. The predicted molar refractivity (Wildman–Crippen MR) is 48.3 cm³/mol. The lowest BCUT2D eigenvalue weighted by Crippen LogP contribution is -2.13. The highest BCUT2D eigenvalue weighted by atomic mass is 79.9. The van der Waals surface area contributed by atoms with E-state index in [1.807, 2.05) is 0 Å². The number of halogens is 4. The highest BCUT2D eigenvalue weighted by Gasteiger charge is 2.34. The van der Waals surface area contributed by atoms with Gasteiger partial charge < -0.3 is 5.11 Å². The van der Waals surface area contributed by atoms with Crippen molar-refractivity contribution in [2.45, 2.75) is 12.6 Å². The summed E-state index contributed by atoms with van der Waals surface area (Å²) in [7, 11) is 0. The molecule has 0 unspecified atom stereocenters. The second kappa shape index (κ2) is 4.18. The summed E-state index contributed by atoms with van der Waals surface area (Å²) in [4.78, 5) is 13.8. The first-order chi connectivity index (χ1) is 6.80. The fraction of sp³-hybridized carbons (Fsp3) is 0.250. The lowest BCUT2D eigenvalue weighted by molar-refractivity contribution is -0.140. The van der Waals surface area contributed by atoms with Crippen LogP contribution in [-0.2, 0) is 17.4 Å². The van der Waals surface area contributed by atoms with E-state index in [0.29, 0.717) is 0 Å². The van der Waals surface area contributed by atoms with Crippen molar-refractivity contribution in [1.29, 1.82) is 0 Å². The van der Waals surface area contributed by atoms with Crippen molar-refractivity contribution in [2.75, 3.05) is 0 Å². The standard InChI is InChI=1S/C8H5BrF3NO2/c9-4-1-5(8(10,11)12)6(13-3-4)2-7(14)15/h1,3H,2H2,(H,14,15). The molecule has 0 aromatic carbocycles. The molecular weight excluding hydrogens is 279 g/mol. The first kappa shape index (κ1) is 12.0. The van der Waals surface area contributed by atoms with Gasteiger partial charge >= 0.3 is 12.1 Å². The molecule has 0 atom stereocenters. The smallest absolute Gasteiger partial charge is 0.418 e. The summed E-state index contributed by atoms with van der Waals surface area (Å²) in [5, 5.41) is 8.41. The SMILES string of the molecule is O=C(O)Cc1ncc(Br)cc1C(F)(F)F. The van der Waals surface area contributed by atoms with Gasteiger partial charge in [0.05, 0.1) is 17.7 Å². The number of hydrogen-bond acceptors (Lipinski definition) is 2. The molecule has 0 saturated carbocycles. The minimum Gasteiger partial charge on any atom is -0.481 e. The average Bonchev–Trinajstić information content (AvgIpc) is 2.05. The van der Waals surface area contributed by atoms with Gasteiger partial charge in [-0.15, -0.1) is 0 Å². The van der Waals surface area contributed by atoms with Crippen molar-refractivity contribution in [1.82, 2.24) is 4.98 Å². The molecule has 1 rings (SSSR count). The van der Waals surface area contributed by atoms with Crippen LogP contribution in [0.5, 0.6) is 0 Å². The van der Waals surface area contributed by atoms with Crippen LogP contribution in [0.2, 0.25) is 0 Å². The number of hydrogen-bond donors (Lipinski definition) is 1. The summed E-state index contributed by atoms with van der Waals surface area (Å²) in [5.41, 5.74) is -1.52. The van der Waals surface area contributed by atoms with Crippen molar-refractivity contribution in [2.24, 2.45) is 0 Å². The summed E-state index contributed by atoms with van der Waals surface area (Å²) in [6.07, 6.45) is -4.21. The van der Waals surface area contributed by atoms with E-state index < -0.39 is 29.8 Å². The Morgan fingerprint density at radius 1 is 1.53 bits per heavy atom. The molecule has 3 nitrogen and oxygen atoms in total. The van der Waals surface area contributed by atoms with E-state index in [1.54, 1.807) is 0 Å². The van der Waals surface area contributed by atoms with E-state index in [-0.39, 0.29) is 4.47 Å². The molecule has 0 aliphatic heterocycles. The van der Waals surface area contributed by atoms with E-state index in [9.17, 15) is 18.0 Å². The molecule has 82 valence electrons. The third-order valence-electron chi connectivity index (χ3n) is 1.56. The molecule has 0 spiro atoms.